The fourth-order valence-electron chi connectivity index (χ4n) is 6.96. The number of carbonyl (C=O) groups is 1. The number of aryl methyl sites for hydroxylation is 2. The van der Waals surface area contributed by atoms with Crippen LogP contribution in [0.2, 0.25) is 0 Å². The number of nitrogens with one attached hydrogen (secondary N) is 1. The predicted octanol–water partition coefficient (Wildman–Crippen LogP) is 6.10. The normalized spacial score (nSPS) is 15.7. The zero-order valence-electron chi connectivity index (χ0n) is 30.2. The minimum Gasteiger partial charge on any atom is -0.493 e. The van der Waals surface area contributed by atoms with Gasteiger partial charge in [-0.3, -0.25) is 14.2 Å². The molecule has 0 radical (unpaired) electrons. The van der Waals surface area contributed by atoms with Crippen LogP contribution in [0.15, 0.2) is 59.5 Å². The first-order valence-electron chi connectivity index (χ1n) is 17.0. The van der Waals surface area contributed by atoms with Crippen LogP contribution in [0.25, 0.3) is 0 Å². The van der Waals surface area contributed by atoms with Crippen LogP contribution in [-0.2, 0) is 47.0 Å². The molecule has 0 unspecified atom stereocenters. The topological polar surface area (TPSA) is 142 Å². The molecule has 0 aliphatic carbocycles. The molecule has 1 atom stereocenters. The second-order valence-corrected chi connectivity index (χ2v) is 14.3. The second kappa shape index (κ2) is 15.4. The van der Waals surface area contributed by atoms with Gasteiger partial charge < -0.3 is 33.7 Å². The Balaban J connectivity index is 1.65. The molecule has 0 fully saturated rings. The Labute approximate surface area is 304 Å². The van der Waals surface area contributed by atoms with Crippen molar-refractivity contribution in [1.29, 1.82) is 0 Å². The van der Waals surface area contributed by atoms with Crippen molar-refractivity contribution >= 4 is 16.1 Å². The Morgan fingerprint density at radius 2 is 1.56 bits per heavy atom. The number of fused-ring (bicyclic) bond motifs is 3. The molecule has 3 aliphatic heterocycles. The number of carbonyl (C=O) groups excluding carboxylic acids is 1. The zero-order chi connectivity index (χ0) is 37.2. The number of hydrogen-bond acceptors (Lipinski definition) is 11. The van der Waals surface area contributed by atoms with E-state index in [2.05, 4.69) is 10.2 Å². The molecular formula is C39H44N2O10S. The quantitative estimate of drug-likeness (QED) is 0.123. The number of hydrogen-bond donors (Lipinski definition) is 2. The molecule has 0 spiro atoms. The number of methoxy groups -OCH3 is 3. The first-order valence-corrected chi connectivity index (χ1v) is 18.5. The molecule has 2 N–H and O–H groups in total. The third-order valence-electron chi connectivity index (χ3n) is 9.61. The largest absolute Gasteiger partial charge is 0.493 e. The zero-order valence-corrected chi connectivity index (χ0v) is 31.0. The molecule has 0 saturated heterocycles. The number of likely N-dealkylation sites (N-methyl/N-ethyl adjacent to an activating group) is 2. The van der Waals surface area contributed by atoms with Crippen molar-refractivity contribution in [2.45, 2.75) is 50.0 Å². The average molecular weight is 733 g/mol. The standard InChI is InChI=1S/C39H44N2O10S/c1-23(42)49-38-35(48-6)20-27-14-16-41(3)30-17-28-21-33(32(47-5)22-36(28)52(43,44)45)50-29-11-8-24(9-12-29)7-10-25-19-34(51-39(38)37(27)30)31(46-4)18-26(25)13-15-40-2/h8-9,11-12,18-22,30,40H,7,10,13-17H2,1-6H3,(H,43,44,45)/t30-/m0/s1. The molecular weight excluding hydrogens is 689 g/mol. The summed E-state index contributed by atoms with van der Waals surface area (Å²) in [6.07, 6.45) is 2.86. The summed E-state index contributed by atoms with van der Waals surface area (Å²) >= 11 is 0. The molecule has 12 nitrogen and oxygen atoms in total. The number of nitrogens with zero attached hydrogens (tertiary/aromatic N) is 1. The van der Waals surface area contributed by atoms with Crippen LogP contribution in [0.1, 0.15) is 46.3 Å². The Morgan fingerprint density at radius 1 is 0.885 bits per heavy atom. The van der Waals surface area contributed by atoms with E-state index in [9.17, 15) is 17.8 Å². The first-order chi connectivity index (χ1) is 24.9. The molecule has 0 aromatic heterocycles. The molecule has 276 valence electrons. The van der Waals surface area contributed by atoms with Gasteiger partial charge >= 0.3 is 5.97 Å². The van der Waals surface area contributed by atoms with Crippen LogP contribution in [0.5, 0.6) is 46.0 Å². The fraction of sp³-hybridized carbons (Fsp3) is 0.359. The highest BCUT2D eigenvalue weighted by Gasteiger charge is 2.36. The van der Waals surface area contributed by atoms with Crippen LogP contribution in [-0.4, -0.2) is 72.4 Å². The third-order valence-corrected chi connectivity index (χ3v) is 10.5. The van der Waals surface area contributed by atoms with Crippen molar-refractivity contribution in [3.05, 3.63) is 88.0 Å². The summed E-state index contributed by atoms with van der Waals surface area (Å²) in [4.78, 5) is 14.4. The van der Waals surface area contributed by atoms with Gasteiger partial charge in [-0.25, -0.2) is 0 Å². The van der Waals surface area contributed by atoms with E-state index in [0.717, 1.165) is 41.6 Å². The molecule has 13 heteroatoms. The SMILES string of the molecule is CNCCc1cc(OC)c2cc1CCc1ccc(cc1)Oc1cc(c(S(=O)(=O)O)cc1OC)C[C@H]1c3c(cc(OC)c(OC(C)=O)c3O2)CCN1C. The van der Waals surface area contributed by atoms with Gasteiger partial charge in [0.15, 0.2) is 34.5 Å². The van der Waals surface area contributed by atoms with Crippen LogP contribution in [0, 0.1) is 0 Å². The Bertz CT molecular complexity index is 2080. The van der Waals surface area contributed by atoms with Gasteiger partial charge in [-0.15, -0.1) is 0 Å². The fourth-order valence-corrected chi connectivity index (χ4v) is 7.69. The van der Waals surface area contributed by atoms with Gasteiger partial charge in [0.25, 0.3) is 10.1 Å². The summed E-state index contributed by atoms with van der Waals surface area (Å²) in [6, 6.07) is 15.8. The minimum atomic E-state index is -4.71. The molecule has 0 amide bonds. The Hall–Kier alpha value is -4.82. The van der Waals surface area contributed by atoms with E-state index < -0.39 is 22.1 Å². The van der Waals surface area contributed by atoms with Gasteiger partial charge in [0.2, 0.25) is 5.75 Å². The summed E-state index contributed by atoms with van der Waals surface area (Å²) in [6.45, 7) is 2.66. The van der Waals surface area contributed by atoms with Gasteiger partial charge in [-0.05, 0) is 117 Å². The van der Waals surface area contributed by atoms with E-state index in [1.54, 1.807) is 13.2 Å². The van der Waals surface area contributed by atoms with E-state index in [0.29, 0.717) is 47.9 Å². The predicted molar refractivity (Wildman–Crippen MR) is 195 cm³/mol. The highest BCUT2D eigenvalue weighted by molar-refractivity contribution is 7.85. The average Bonchev–Trinajstić information content (AvgIpc) is 3.11. The van der Waals surface area contributed by atoms with E-state index in [1.165, 1.54) is 27.2 Å². The van der Waals surface area contributed by atoms with Crippen LogP contribution in [0.3, 0.4) is 0 Å². The lowest BCUT2D eigenvalue weighted by molar-refractivity contribution is -0.132. The van der Waals surface area contributed by atoms with Gasteiger partial charge in [-0.1, -0.05) is 12.1 Å². The maximum absolute atomic E-state index is 12.9. The second-order valence-electron chi connectivity index (χ2n) is 12.9. The molecule has 0 saturated carbocycles. The summed E-state index contributed by atoms with van der Waals surface area (Å²) in [5.41, 5.74) is 5.05. The van der Waals surface area contributed by atoms with E-state index >= 15 is 0 Å². The van der Waals surface area contributed by atoms with Crippen molar-refractivity contribution in [3.8, 4) is 46.0 Å². The van der Waals surface area contributed by atoms with Gasteiger partial charge in [0.05, 0.1) is 21.3 Å². The monoisotopic (exact) mass is 732 g/mol. The maximum Gasteiger partial charge on any atom is 0.308 e. The number of rotatable bonds is 8. The molecule has 6 bridgehead atoms. The van der Waals surface area contributed by atoms with Crippen LogP contribution in [0.4, 0.5) is 0 Å². The van der Waals surface area contributed by atoms with Gasteiger partial charge in [0.1, 0.15) is 10.6 Å². The summed E-state index contributed by atoms with van der Waals surface area (Å²) < 4.78 is 72.5. The van der Waals surface area contributed by atoms with Gasteiger partial charge in [0, 0.05) is 31.1 Å². The van der Waals surface area contributed by atoms with Crippen LogP contribution < -0.4 is 33.7 Å². The molecule has 7 rings (SSSR count). The maximum atomic E-state index is 12.9. The lowest BCUT2D eigenvalue weighted by Crippen LogP contribution is -2.34. The Morgan fingerprint density at radius 3 is 2.21 bits per heavy atom. The highest BCUT2D eigenvalue weighted by atomic mass is 32.2. The molecule has 3 aliphatic rings. The lowest BCUT2D eigenvalue weighted by atomic mass is 9.87. The minimum absolute atomic E-state index is 0.0830. The molecule has 4 aromatic carbocycles. The molecule has 52 heavy (non-hydrogen) atoms. The van der Waals surface area contributed by atoms with Crippen molar-refractivity contribution in [2.75, 3.05) is 48.5 Å². The van der Waals surface area contributed by atoms with E-state index in [-0.39, 0.29) is 39.9 Å². The number of benzene rings is 4. The lowest BCUT2D eigenvalue weighted by Gasteiger charge is -2.37. The summed E-state index contributed by atoms with van der Waals surface area (Å²) in [7, 11) is 3.60. The first kappa shape index (κ1) is 37.0. The van der Waals surface area contributed by atoms with Crippen molar-refractivity contribution in [1.82, 2.24) is 10.2 Å². The van der Waals surface area contributed by atoms with E-state index in [1.807, 2.05) is 56.6 Å². The molecule has 3 heterocycles. The number of ether oxygens (including phenoxy) is 6. The highest BCUT2D eigenvalue weighted by Crippen LogP contribution is 2.52. The summed E-state index contributed by atoms with van der Waals surface area (Å²) in [5, 5.41) is 3.23. The van der Waals surface area contributed by atoms with Crippen LogP contribution >= 0.6 is 0 Å². The van der Waals surface area contributed by atoms with Crippen molar-refractivity contribution in [3.63, 3.8) is 0 Å². The van der Waals surface area contributed by atoms with E-state index in [4.69, 9.17) is 28.4 Å². The summed E-state index contributed by atoms with van der Waals surface area (Å²) in [5.74, 6) is 1.90. The van der Waals surface area contributed by atoms with Gasteiger partial charge in [-0.2, -0.15) is 8.42 Å². The molecule has 4 aromatic rings. The van der Waals surface area contributed by atoms with Crippen molar-refractivity contribution in [2.24, 2.45) is 0 Å². The number of esters is 1. The smallest absolute Gasteiger partial charge is 0.308 e. The van der Waals surface area contributed by atoms with Crippen molar-refractivity contribution < 1.29 is 46.2 Å². The Kier molecular flexibility index (Phi) is 11.0. The third kappa shape index (κ3) is 7.68.